The van der Waals surface area contributed by atoms with Crippen molar-refractivity contribution in [3.8, 4) is 0 Å². The fourth-order valence-corrected chi connectivity index (χ4v) is 3.66. The number of aliphatic hydroxyl groups excluding tert-OH is 1. The zero-order valence-corrected chi connectivity index (χ0v) is 15.0. The molecule has 0 amide bonds. The monoisotopic (exact) mass is 434 g/mol. The summed E-state index contributed by atoms with van der Waals surface area (Å²) in [5, 5.41) is 42.6. The van der Waals surface area contributed by atoms with Crippen LogP contribution in [0.25, 0.3) is 0 Å². The normalized spacial score (nSPS) is 29.5. The van der Waals surface area contributed by atoms with E-state index in [1.54, 1.807) is 0 Å². The van der Waals surface area contributed by atoms with E-state index in [2.05, 4.69) is 15.9 Å². The molecular formula is C14H15BrN2O9-2. The van der Waals surface area contributed by atoms with E-state index < -0.39 is 64.9 Å². The molecule has 26 heavy (non-hydrogen) atoms. The molecule has 1 aliphatic heterocycles. The molecule has 11 nitrogen and oxygen atoms in total. The number of hydrogen-bond acceptors (Lipinski definition) is 9. The molecule has 1 aliphatic rings. The average molecular weight is 435 g/mol. The van der Waals surface area contributed by atoms with Crippen LogP contribution >= 0.6 is 15.9 Å². The van der Waals surface area contributed by atoms with E-state index in [9.17, 15) is 39.6 Å². The molecule has 0 aliphatic carbocycles. The molecule has 0 bridgehead atoms. The number of carbonyl (C=O) groups excluding carboxylic acids is 2. The lowest BCUT2D eigenvalue weighted by Gasteiger charge is -2.33. The highest BCUT2D eigenvalue weighted by atomic mass is 79.9. The number of aromatic amines is 1. The van der Waals surface area contributed by atoms with Gasteiger partial charge in [0.05, 0.1) is 10.9 Å². The molecule has 5 unspecified atom stereocenters. The van der Waals surface area contributed by atoms with Gasteiger partial charge in [0.25, 0.3) is 5.56 Å². The number of ether oxygens (including phenoxy) is 1. The lowest BCUT2D eigenvalue weighted by Crippen LogP contribution is -2.54. The fourth-order valence-electron chi connectivity index (χ4n) is 2.85. The molecule has 0 radical (unpaired) electrons. The Kier molecular flexibility index (Phi) is 5.70. The predicted molar refractivity (Wildman–Crippen MR) is 82.9 cm³/mol. The number of aliphatic carboxylic acids is 2. The van der Waals surface area contributed by atoms with Gasteiger partial charge in [-0.1, -0.05) is 15.9 Å². The summed E-state index contributed by atoms with van der Waals surface area (Å²) in [4.78, 5) is 46.1. The molecule has 0 saturated carbocycles. The quantitative estimate of drug-likeness (QED) is 0.374. The predicted octanol–water partition coefficient (Wildman–Crippen LogP) is -4.12. The summed E-state index contributed by atoms with van der Waals surface area (Å²) in [6.07, 6.45) is -5.67. The minimum absolute atomic E-state index is 0.134. The van der Waals surface area contributed by atoms with Gasteiger partial charge in [-0.25, -0.2) is 4.79 Å². The number of hydrogen-bond donors (Lipinski definition) is 3. The Balaban J connectivity index is 2.50. The van der Waals surface area contributed by atoms with Crippen LogP contribution in [0.1, 0.15) is 24.6 Å². The second kappa shape index (κ2) is 7.31. The minimum Gasteiger partial charge on any atom is -0.550 e. The number of rotatable bonds is 6. The number of aryl methyl sites for hydroxylation is 1. The van der Waals surface area contributed by atoms with Gasteiger partial charge in [0.2, 0.25) is 0 Å². The van der Waals surface area contributed by atoms with Crippen molar-refractivity contribution in [3.05, 3.63) is 32.6 Å². The van der Waals surface area contributed by atoms with Crippen LogP contribution in [0, 0.1) is 6.92 Å². The molecule has 0 aromatic carbocycles. The van der Waals surface area contributed by atoms with Crippen LogP contribution in [0.4, 0.5) is 0 Å². The largest absolute Gasteiger partial charge is 0.550 e. The second-order valence-corrected chi connectivity index (χ2v) is 7.00. The Labute approximate surface area is 154 Å². The Hall–Kier alpha value is -2.02. The molecule has 5 atom stereocenters. The molecule has 3 N–H and O–H groups in total. The number of halogens is 1. The molecule has 2 heterocycles. The summed E-state index contributed by atoms with van der Waals surface area (Å²) in [5.41, 5.74) is -3.72. The summed E-state index contributed by atoms with van der Waals surface area (Å²) in [6, 6.07) is 0. The van der Waals surface area contributed by atoms with E-state index in [0.717, 1.165) is 10.8 Å². The maximum atomic E-state index is 12.0. The van der Waals surface area contributed by atoms with Crippen LogP contribution < -0.4 is 21.5 Å². The summed E-state index contributed by atoms with van der Waals surface area (Å²) in [7, 11) is 0. The van der Waals surface area contributed by atoms with Crippen LogP contribution in [0.3, 0.4) is 0 Å². The third-order valence-electron chi connectivity index (χ3n) is 4.08. The van der Waals surface area contributed by atoms with Gasteiger partial charge < -0.3 is 34.8 Å². The highest BCUT2D eigenvalue weighted by Crippen LogP contribution is 2.44. The molecule has 12 heteroatoms. The van der Waals surface area contributed by atoms with E-state index in [-0.39, 0.29) is 5.56 Å². The second-order valence-electron chi connectivity index (χ2n) is 6.01. The summed E-state index contributed by atoms with van der Waals surface area (Å²) in [5.74, 6) is -3.33. The third-order valence-corrected chi connectivity index (χ3v) is 5.32. The van der Waals surface area contributed by atoms with Crippen molar-refractivity contribution in [2.75, 3.05) is 0 Å². The number of carbonyl (C=O) groups is 2. The molecule has 144 valence electrons. The van der Waals surface area contributed by atoms with E-state index in [0.29, 0.717) is 0 Å². The smallest absolute Gasteiger partial charge is 0.330 e. The van der Waals surface area contributed by atoms with Crippen molar-refractivity contribution in [2.45, 2.75) is 48.6 Å². The number of aliphatic hydroxyl groups is 2. The van der Waals surface area contributed by atoms with E-state index in [1.165, 1.54) is 6.92 Å². The van der Waals surface area contributed by atoms with Gasteiger partial charge in [-0.15, -0.1) is 0 Å². The first-order chi connectivity index (χ1) is 12.0. The fraction of sp³-hybridized carbons (Fsp3) is 0.571. The molecule has 1 saturated heterocycles. The van der Waals surface area contributed by atoms with Gasteiger partial charge >= 0.3 is 5.69 Å². The topological polar surface area (TPSA) is 185 Å². The standard InChI is InChI=1S/C14H17BrN2O9/c1-5-4-17(13(24)16-11(5)23)12-9(15)14(25,3-8(21)22)10(26-12)6(18)2-7(19)20/h4,6,9-10,12,18,25H,2-3H2,1H3,(H,19,20)(H,21,22)(H,16,23,24)/p-2. The van der Waals surface area contributed by atoms with E-state index >= 15 is 0 Å². The zero-order chi connectivity index (χ0) is 19.8. The van der Waals surface area contributed by atoms with Crippen molar-refractivity contribution in [2.24, 2.45) is 0 Å². The number of nitrogens with one attached hydrogen (secondary N) is 1. The Morgan fingerprint density at radius 2 is 2.04 bits per heavy atom. The number of carboxylic acids is 2. The summed E-state index contributed by atoms with van der Waals surface area (Å²) < 4.78 is 6.32. The van der Waals surface area contributed by atoms with Crippen LogP contribution in [0.15, 0.2) is 15.8 Å². The molecule has 0 spiro atoms. The van der Waals surface area contributed by atoms with Crippen molar-refractivity contribution < 1.29 is 34.8 Å². The van der Waals surface area contributed by atoms with Gasteiger partial charge in [-0.3, -0.25) is 14.3 Å². The van der Waals surface area contributed by atoms with Gasteiger partial charge in [-0.05, 0) is 6.92 Å². The van der Waals surface area contributed by atoms with Crippen LogP contribution in [-0.2, 0) is 14.3 Å². The molecular weight excluding hydrogens is 420 g/mol. The van der Waals surface area contributed by atoms with Crippen LogP contribution in [0.2, 0.25) is 0 Å². The first-order valence-corrected chi connectivity index (χ1v) is 8.30. The maximum Gasteiger partial charge on any atom is 0.330 e. The average Bonchev–Trinajstić information content (AvgIpc) is 2.74. The van der Waals surface area contributed by atoms with Crippen molar-refractivity contribution in [1.29, 1.82) is 0 Å². The maximum absolute atomic E-state index is 12.0. The molecule has 1 aromatic rings. The van der Waals surface area contributed by atoms with Crippen molar-refractivity contribution >= 4 is 27.9 Å². The van der Waals surface area contributed by atoms with E-state index in [4.69, 9.17) is 4.74 Å². The Morgan fingerprint density at radius 1 is 1.42 bits per heavy atom. The molecule has 1 aromatic heterocycles. The van der Waals surface area contributed by atoms with Gasteiger partial charge in [0, 0.05) is 36.5 Å². The lowest BCUT2D eigenvalue weighted by molar-refractivity contribution is -0.310. The van der Waals surface area contributed by atoms with Crippen LogP contribution in [0.5, 0.6) is 0 Å². The van der Waals surface area contributed by atoms with Crippen molar-refractivity contribution in [3.63, 3.8) is 0 Å². The highest BCUT2D eigenvalue weighted by molar-refractivity contribution is 9.09. The summed E-state index contributed by atoms with van der Waals surface area (Å²) >= 11 is 3.05. The number of H-pyrrole nitrogens is 1. The SMILES string of the molecule is Cc1cn(C2OC(C(O)CC(=O)[O-])C(O)(CC(=O)[O-])C2Br)c(=O)[nH]c1=O. The van der Waals surface area contributed by atoms with E-state index in [1.807, 2.05) is 4.98 Å². The highest BCUT2D eigenvalue weighted by Gasteiger charge is 2.57. The Morgan fingerprint density at radius 3 is 2.58 bits per heavy atom. The molecule has 1 fully saturated rings. The van der Waals surface area contributed by atoms with Crippen molar-refractivity contribution in [1.82, 2.24) is 9.55 Å². The zero-order valence-electron chi connectivity index (χ0n) is 13.4. The minimum atomic E-state index is -2.30. The van der Waals surface area contributed by atoms with Gasteiger partial charge in [0.15, 0.2) is 6.23 Å². The van der Waals surface area contributed by atoms with Gasteiger partial charge in [-0.2, -0.15) is 0 Å². The number of alkyl halides is 1. The first-order valence-electron chi connectivity index (χ1n) is 7.39. The lowest BCUT2D eigenvalue weighted by atomic mass is 9.87. The number of carboxylic acid groups (broad SMARTS) is 2. The number of aromatic nitrogens is 2. The Bertz CT molecular complexity index is 834. The van der Waals surface area contributed by atoms with Gasteiger partial charge in [0.1, 0.15) is 11.7 Å². The summed E-state index contributed by atoms with van der Waals surface area (Å²) in [6.45, 7) is 1.41. The first kappa shape index (κ1) is 20.3. The third kappa shape index (κ3) is 3.72. The molecule has 2 rings (SSSR count). The van der Waals surface area contributed by atoms with Crippen LogP contribution in [-0.4, -0.2) is 54.3 Å². The number of nitrogens with zero attached hydrogens (tertiary/aromatic N) is 1.